The van der Waals surface area contributed by atoms with E-state index in [0.29, 0.717) is 17.2 Å². The predicted molar refractivity (Wildman–Crippen MR) is 96.5 cm³/mol. The number of nitrogens with zero attached hydrogens (tertiary/aromatic N) is 2. The number of rotatable bonds is 5. The summed E-state index contributed by atoms with van der Waals surface area (Å²) in [6.07, 6.45) is 4.43. The molecule has 2 saturated heterocycles. The van der Waals surface area contributed by atoms with Crippen molar-refractivity contribution in [2.24, 2.45) is 17.3 Å². The van der Waals surface area contributed by atoms with Crippen LogP contribution in [-0.4, -0.2) is 61.5 Å². The van der Waals surface area contributed by atoms with Crippen LogP contribution >= 0.6 is 0 Å². The quantitative estimate of drug-likeness (QED) is 0.845. The van der Waals surface area contributed by atoms with Crippen molar-refractivity contribution in [2.45, 2.75) is 53.4 Å². The molecule has 1 N–H and O–H groups in total. The Hall–Kier alpha value is -0.610. The van der Waals surface area contributed by atoms with E-state index in [-0.39, 0.29) is 0 Å². The minimum absolute atomic E-state index is 0.381. The Labute approximate surface area is 143 Å². The number of amides is 1. The fourth-order valence-corrected chi connectivity index (χ4v) is 3.70. The summed E-state index contributed by atoms with van der Waals surface area (Å²) in [6, 6.07) is 0. The Morgan fingerprint density at radius 1 is 1.13 bits per heavy atom. The SMILES string of the molecule is CC(CC(=O)N1CCN(CCC(C)(C)C)CC1)C1CCNCC1. The van der Waals surface area contributed by atoms with Crippen LogP contribution in [0.3, 0.4) is 0 Å². The number of hydrogen-bond donors (Lipinski definition) is 1. The van der Waals surface area contributed by atoms with Crippen LogP contribution in [-0.2, 0) is 4.79 Å². The van der Waals surface area contributed by atoms with Gasteiger partial charge in [-0.05, 0) is 56.1 Å². The number of piperidine rings is 1. The standard InChI is InChI=1S/C19H37N3O/c1-16(17-5-8-20-9-6-17)15-18(23)22-13-11-21(12-14-22)10-7-19(2,3)4/h16-17,20H,5-15H2,1-4H3. The zero-order valence-electron chi connectivity index (χ0n) is 15.7. The third-order valence-corrected chi connectivity index (χ3v) is 5.59. The van der Waals surface area contributed by atoms with Crippen molar-refractivity contribution < 1.29 is 4.79 Å². The van der Waals surface area contributed by atoms with E-state index in [2.05, 4.69) is 42.8 Å². The Kier molecular flexibility index (Phi) is 6.90. The summed E-state index contributed by atoms with van der Waals surface area (Å²) < 4.78 is 0. The Bertz CT molecular complexity index is 363. The van der Waals surface area contributed by atoms with E-state index >= 15 is 0 Å². The molecule has 0 aromatic rings. The van der Waals surface area contributed by atoms with Gasteiger partial charge in [0.05, 0.1) is 0 Å². The summed E-state index contributed by atoms with van der Waals surface area (Å²) in [5.74, 6) is 1.64. The van der Waals surface area contributed by atoms with E-state index in [0.717, 1.165) is 58.2 Å². The summed E-state index contributed by atoms with van der Waals surface area (Å²) >= 11 is 0. The van der Waals surface area contributed by atoms with Gasteiger partial charge in [-0.25, -0.2) is 0 Å². The monoisotopic (exact) mass is 323 g/mol. The van der Waals surface area contributed by atoms with E-state index in [1.807, 2.05) is 0 Å². The van der Waals surface area contributed by atoms with Gasteiger partial charge in [0.15, 0.2) is 0 Å². The molecule has 1 amide bonds. The van der Waals surface area contributed by atoms with Gasteiger partial charge in [-0.1, -0.05) is 27.7 Å². The van der Waals surface area contributed by atoms with E-state index in [9.17, 15) is 4.79 Å². The van der Waals surface area contributed by atoms with Crippen LogP contribution in [0.1, 0.15) is 53.4 Å². The first-order valence-electron chi connectivity index (χ1n) is 9.56. The minimum atomic E-state index is 0.381. The highest BCUT2D eigenvalue weighted by Gasteiger charge is 2.26. The van der Waals surface area contributed by atoms with Gasteiger partial charge >= 0.3 is 0 Å². The number of nitrogens with one attached hydrogen (secondary N) is 1. The zero-order chi connectivity index (χ0) is 16.9. The molecule has 0 aromatic carbocycles. The van der Waals surface area contributed by atoms with Crippen molar-refractivity contribution in [1.29, 1.82) is 0 Å². The second-order valence-electron chi connectivity index (χ2n) is 8.80. The van der Waals surface area contributed by atoms with E-state index in [1.54, 1.807) is 0 Å². The topological polar surface area (TPSA) is 35.6 Å². The predicted octanol–water partition coefficient (Wildman–Crippen LogP) is 2.59. The molecule has 0 bridgehead atoms. The van der Waals surface area contributed by atoms with Gasteiger partial charge < -0.3 is 10.2 Å². The zero-order valence-corrected chi connectivity index (χ0v) is 15.7. The van der Waals surface area contributed by atoms with Crippen LogP contribution < -0.4 is 5.32 Å². The van der Waals surface area contributed by atoms with Crippen molar-refractivity contribution >= 4 is 5.91 Å². The fraction of sp³-hybridized carbons (Fsp3) is 0.947. The summed E-state index contributed by atoms with van der Waals surface area (Å²) in [4.78, 5) is 17.2. The first-order valence-corrected chi connectivity index (χ1v) is 9.56. The summed E-state index contributed by atoms with van der Waals surface area (Å²) in [5, 5.41) is 3.41. The molecule has 2 fully saturated rings. The van der Waals surface area contributed by atoms with Crippen molar-refractivity contribution in [3.8, 4) is 0 Å². The molecular weight excluding hydrogens is 286 g/mol. The molecule has 0 aliphatic carbocycles. The van der Waals surface area contributed by atoms with E-state index in [4.69, 9.17) is 0 Å². The van der Waals surface area contributed by atoms with E-state index < -0.39 is 0 Å². The molecule has 0 radical (unpaired) electrons. The number of piperazine rings is 1. The Morgan fingerprint density at radius 2 is 1.74 bits per heavy atom. The molecule has 4 nitrogen and oxygen atoms in total. The van der Waals surface area contributed by atoms with Crippen molar-refractivity contribution in [2.75, 3.05) is 45.8 Å². The lowest BCUT2D eigenvalue weighted by Gasteiger charge is -2.37. The van der Waals surface area contributed by atoms with Crippen LogP contribution in [0.5, 0.6) is 0 Å². The highest BCUT2D eigenvalue weighted by molar-refractivity contribution is 5.76. The highest BCUT2D eigenvalue weighted by Crippen LogP contribution is 2.25. The molecule has 2 aliphatic rings. The largest absolute Gasteiger partial charge is 0.340 e. The molecule has 2 rings (SSSR count). The van der Waals surface area contributed by atoms with Crippen molar-refractivity contribution in [3.63, 3.8) is 0 Å². The molecule has 134 valence electrons. The lowest BCUT2D eigenvalue weighted by atomic mass is 9.84. The number of hydrogen-bond acceptors (Lipinski definition) is 3. The van der Waals surface area contributed by atoms with Crippen LogP contribution in [0.4, 0.5) is 0 Å². The molecule has 4 heteroatoms. The van der Waals surface area contributed by atoms with Crippen molar-refractivity contribution in [3.05, 3.63) is 0 Å². The average molecular weight is 324 g/mol. The minimum Gasteiger partial charge on any atom is -0.340 e. The summed E-state index contributed by atoms with van der Waals surface area (Å²) in [7, 11) is 0. The van der Waals surface area contributed by atoms with Crippen molar-refractivity contribution in [1.82, 2.24) is 15.1 Å². The molecule has 1 unspecified atom stereocenters. The molecule has 1 atom stereocenters. The molecule has 2 aliphatic heterocycles. The van der Waals surface area contributed by atoms with Crippen LogP contribution in [0, 0.1) is 17.3 Å². The van der Waals surface area contributed by atoms with Gasteiger partial charge in [-0.3, -0.25) is 9.69 Å². The molecule has 23 heavy (non-hydrogen) atoms. The molecule has 2 heterocycles. The average Bonchev–Trinajstić information content (AvgIpc) is 2.53. The van der Waals surface area contributed by atoms with Gasteiger partial charge in [0.2, 0.25) is 5.91 Å². The second-order valence-corrected chi connectivity index (χ2v) is 8.80. The van der Waals surface area contributed by atoms with Crippen LogP contribution in [0.15, 0.2) is 0 Å². The number of carbonyl (C=O) groups excluding carboxylic acids is 1. The first kappa shape index (κ1) is 18.7. The van der Waals surface area contributed by atoms with Gasteiger partial charge in [0, 0.05) is 32.6 Å². The molecule has 0 saturated carbocycles. The summed E-state index contributed by atoms with van der Waals surface area (Å²) in [5.41, 5.74) is 0.400. The molecular formula is C19H37N3O. The maximum atomic E-state index is 12.6. The number of carbonyl (C=O) groups is 1. The Balaban J connectivity index is 1.68. The maximum Gasteiger partial charge on any atom is 0.222 e. The first-order chi connectivity index (χ1) is 10.8. The van der Waals surface area contributed by atoms with E-state index in [1.165, 1.54) is 19.3 Å². The molecule has 0 aromatic heterocycles. The third kappa shape index (κ3) is 6.42. The van der Waals surface area contributed by atoms with Crippen LogP contribution in [0.2, 0.25) is 0 Å². The van der Waals surface area contributed by atoms with Gasteiger partial charge in [-0.15, -0.1) is 0 Å². The van der Waals surface area contributed by atoms with Gasteiger partial charge in [-0.2, -0.15) is 0 Å². The highest BCUT2D eigenvalue weighted by atomic mass is 16.2. The Morgan fingerprint density at radius 3 is 2.30 bits per heavy atom. The summed E-state index contributed by atoms with van der Waals surface area (Å²) in [6.45, 7) is 16.5. The smallest absolute Gasteiger partial charge is 0.222 e. The lowest BCUT2D eigenvalue weighted by Crippen LogP contribution is -2.49. The fourth-order valence-electron chi connectivity index (χ4n) is 3.70. The van der Waals surface area contributed by atoms with Crippen LogP contribution in [0.25, 0.3) is 0 Å². The second kappa shape index (κ2) is 8.48. The van der Waals surface area contributed by atoms with Gasteiger partial charge in [0.25, 0.3) is 0 Å². The lowest BCUT2D eigenvalue weighted by molar-refractivity contribution is -0.134. The maximum absolute atomic E-state index is 12.6. The van der Waals surface area contributed by atoms with Gasteiger partial charge in [0.1, 0.15) is 0 Å². The third-order valence-electron chi connectivity index (χ3n) is 5.59. The molecule has 0 spiro atoms. The normalized spacial score (nSPS) is 23.0.